The van der Waals surface area contributed by atoms with Crippen LogP contribution >= 0.6 is 0 Å². The predicted molar refractivity (Wildman–Crippen MR) is 111 cm³/mol. The molecule has 148 valence electrons. The van der Waals surface area contributed by atoms with Crippen molar-refractivity contribution in [2.24, 2.45) is 5.10 Å². The van der Waals surface area contributed by atoms with Gasteiger partial charge in [-0.15, -0.1) is 0 Å². The lowest BCUT2D eigenvalue weighted by Gasteiger charge is -2.22. The molecule has 3 rings (SSSR count). The third-order valence-corrected chi connectivity index (χ3v) is 4.45. The van der Waals surface area contributed by atoms with Gasteiger partial charge in [-0.1, -0.05) is 13.5 Å². The van der Waals surface area contributed by atoms with E-state index in [0.717, 1.165) is 43.7 Å². The zero-order chi connectivity index (χ0) is 19.8. The van der Waals surface area contributed by atoms with Crippen LogP contribution in [0.5, 0.6) is 0 Å². The summed E-state index contributed by atoms with van der Waals surface area (Å²) in [6, 6.07) is 3.57. The van der Waals surface area contributed by atoms with Crippen LogP contribution in [0.3, 0.4) is 0 Å². The SMILES string of the molecule is C=C/C(=N\Nc1ccc(=O)n(CCC)c1)c1cnc(NC2CCOCC2)nc1. The van der Waals surface area contributed by atoms with Crippen molar-refractivity contribution in [2.45, 2.75) is 38.8 Å². The summed E-state index contributed by atoms with van der Waals surface area (Å²) in [6.07, 6.45) is 9.62. The van der Waals surface area contributed by atoms with Crippen molar-refractivity contribution in [3.8, 4) is 0 Å². The monoisotopic (exact) mass is 382 g/mol. The van der Waals surface area contributed by atoms with Gasteiger partial charge in [0, 0.05) is 56.0 Å². The minimum atomic E-state index is -0.0265. The van der Waals surface area contributed by atoms with Crippen LogP contribution in [0.4, 0.5) is 11.6 Å². The topological polar surface area (TPSA) is 93.4 Å². The second kappa shape index (κ2) is 9.80. The van der Waals surface area contributed by atoms with Gasteiger partial charge >= 0.3 is 0 Å². The molecular weight excluding hydrogens is 356 g/mol. The number of aromatic nitrogens is 3. The highest BCUT2D eigenvalue weighted by Gasteiger charge is 2.14. The summed E-state index contributed by atoms with van der Waals surface area (Å²) in [7, 11) is 0. The number of hydrazone groups is 1. The van der Waals surface area contributed by atoms with E-state index in [2.05, 4.69) is 32.4 Å². The van der Waals surface area contributed by atoms with Gasteiger partial charge in [-0.2, -0.15) is 5.10 Å². The Morgan fingerprint density at radius 2 is 2.11 bits per heavy atom. The van der Waals surface area contributed by atoms with E-state index in [0.29, 0.717) is 24.2 Å². The lowest BCUT2D eigenvalue weighted by molar-refractivity contribution is 0.0903. The molecule has 0 amide bonds. The van der Waals surface area contributed by atoms with Gasteiger partial charge in [0.15, 0.2) is 0 Å². The van der Waals surface area contributed by atoms with E-state index in [4.69, 9.17) is 4.74 Å². The molecule has 1 aliphatic heterocycles. The number of nitrogens with zero attached hydrogens (tertiary/aromatic N) is 4. The second-order valence-corrected chi connectivity index (χ2v) is 6.59. The Morgan fingerprint density at radius 3 is 2.79 bits per heavy atom. The Bertz CT molecular complexity index is 869. The average Bonchev–Trinajstić information content (AvgIpc) is 2.73. The largest absolute Gasteiger partial charge is 0.381 e. The van der Waals surface area contributed by atoms with Gasteiger partial charge in [0.05, 0.1) is 11.4 Å². The summed E-state index contributed by atoms with van der Waals surface area (Å²) in [5, 5.41) is 7.71. The number of rotatable bonds is 8. The van der Waals surface area contributed by atoms with Crippen molar-refractivity contribution in [3.63, 3.8) is 0 Å². The molecule has 0 radical (unpaired) electrons. The molecule has 2 aromatic rings. The lowest BCUT2D eigenvalue weighted by Crippen LogP contribution is -2.28. The first-order valence-corrected chi connectivity index (χ1v) is 9.53. The second-order valence-electron chi connectivity index (χ2n) is 6.59. The molecule has 0 bridgehead atoms. The van der Waals surface area contributed by atoms with Crippen molar-refractivity contribution in [3.05, 3.63) is 59.3 Å². The fourth-order valence-electron chi connectivity index (χ4n) is 2.93. The number of hydrogen-bond acceptors (Lipinski definition) is 7. The highest BCUT2D eigenvalue weighted by atomic mass is 16.5. The number of aryl methyl sites for hydroxylation is 1. The molecule has 28 heavy (non-hydrogen) atoms. The van der Waals surface area contributed by atoms with E-state index in [1.807, 2.05) is 6.92 Å². The number of anilines is 2. The summed E-state index contributed by atoms with van der Waals surface area (Å²) in [5.41, 5.74) is 5.04. The minimum Gasteiger partial charge on any atom is -0.381 e. The smallest absolute Gasteiger partial charge is 0.250 e. The zero-order valence-electron chi connectivity index (χ0n) is 16.1. The first kappa shape index (κ1) is 19.8. The molecule has 0 aliphatic carbocycles. The van der Waals surface area contributed by atoms with Crippen molar-refractivity contribution >= 4 is 17.3 Å². The van der Waals surface area contributed by atoms with Gasteiger partial charge in [-0.05, 0) is 31.4 Å². The summed E-state index contributed by atoms with van der Waals surface area (Å²) in [4.78, 5) is 20.6. The minimum absolute atomic E-state index is 0.0265. The molecule has 0 aromatic carbocycles. The molecule has 8 heteroatoms. The molecule has 8 nitrogen and oxygen atoms in total. The summed E-state index contributed by atoms with van der Waals surface area (Å²) >= 11 is 0. The molecule has 3 heterocycles. The standard InChI is InChI=1S/C20H26N6O2/c1-3-9-26-14-17(5-6-19(26)27)24-25-18(4-2)15-12-21-20(22-13-15)23-16-7-10-28-11-8-16/h4-6,12-14,16,24H,2-3,7-11H2,1H3,(H,21,22,23)/b25-18+. The lowest BCUT2D eigenvalue weighted by atomic mass is 10.1. The van der Waals surface area contributed by atoms with E-state index in [1.54, 1.807) is 35.3 Å². The van der Waals surface area contributed by atoms with Crippen molar-refractivity contribution < 1.29 is 4.74 Å². The molecule has 0 unspecified atom stereocenters. The van der Waals surface area contributed by atoms with Crippen LogP contribution in [0.1, 0.15) is 31.7 Å². The first-order valence-electron chi connectivity index (χ1n) is 9.53. The van der Waals surface area contributed by atoms with Gasteiger partial charge in [0.1, 0.15) is 0 Å². The number of pyridine rings is 1. The van der Waals surface area contributed by atoms with Crippen LogP contribution in [0.25, 0.3) is 0 Å². The molecule has 2 aromatic heterocycles. The normalized spacial score (nSPS) is 15.2. The number of allylic oxidation sites excluding steroid dienone is 1. The highest BCUT2D eigenvalue weighted by molar-refractivity contribution is 6.08. The fraction of sp³-hybridized carbons (Fsp3) is 0.400. The molecule has 1 saturated heterocycles. The first-order chi connectivity index (χ1) is 13.7. The van der Waals surface area contributed by atoms with E-state index in [1.165, 1.54) is 6.07 Å². The third kappa shape index (κ3) is 5.26. The molecule has 1 fully saturated rings. The van der Waals surface area contributed by atoms with Crippen LogP contribution in [0.2, 0.25) is 0 Å². The van der Waals surface area contributed by atoms with E-state index in [9.17, 15) is 4.79 Å². The van der Waals surface area contributed by atoms with E-state index in [-0.39, 0.29) is 5.56 Å². The maximum atomic E-state index is 11.8. The van der Waals surface area contributed by atoms with Crippen LogP contribution in [-0.2, 0) is 11.3 Å². The van der Waals surface area contributed by atoms with Gasteiger partial charge in [0.25, 0.3) is 5.56 Å². The Balaban J connectivity index is 1.67. The van der Waals surface area contributed by atoms with Crippen molar-refractivity contribution in [2.75, 3.05) is 24.0 Å². The zero-order valence-corrected chi connectivity index (χ0v) is 16.1. The predicted octanol–water partition coefficient (Wildman–Crippen LogP) is 2.64. The van der Waals surface area contributed by atoms with E-state index < -0.39 is 0 Å². The van der Waals surface area contributed by atoms with Crippen LogP contribution < -0.4 is 16.3 Å². The van der Waals surface area contributed by atoms with Gasteiger partial charge in [-0.25, -0.2) is 9.97 Å². The summed E-state index contributed by atoms with van der Waals surface area (Å²) in [5.74, 6) is 0.596. The molecule has 0 spiro atoms. The Kier molecular flexibility index (Phi) is 6.91. The molecule has 1 aliphatic rings. The summed E-state index contributed by atoms with van der Waals surface area (Å²) in [6.45, 7) is 8.04. The summed E-state index contributed by atoms with van der Waals surface area (Å²) < 4.78 is 7.02. The van der Waals surface area contributed by atoms with Crippen LogP contribution in [0, 0.1) is 0 Å². The number of nitrogens with one attached hydrogen (secondary N) is 2. The number of ether oxygens (including phenoxy) is 1. The van der Waals surface area contributed by atoms with E-state index >= 15 is 0 Å². The average molecular weight is 382 g/mol. The maximum absolute atomic E-state index is 11.8. The molecule has 0 atom stereocenters. The van der Waals surface area contributed by atoms with Gasteiger partial charge < -0.3 is 14.6 Å². The van der Waals surface area contributed by atoms with Crippen molar-refractivity contribution in [1.29, 1.82) is 0 Å². The molecular formula is C20H26N6O2. The van der Waals surface area contributed by atoms with Crippen LogP contribution in [0.15, 0.2) is 53.3 Å². The van der Waals surface area contributed by atoms with Gasteiger partial charge in [-0.3, -0.25) is 10.2 Å². The van der Waals surface area contributed by atoms with Gasteiger partial charge in [0.2, 0.25) is 5.95 Å². The Hall–Kier alpha value is -3.00. The Labute approximate surface area is 164 Å². The van der Waals surface area contributed by atoms with Crippen molar-refractivity contribution in [1.82, 2.24) is 14.5 Å². The maximum Gasteiger partial charge on any atom is 0.250 e. The highest BCUT2D eigenvalue weighted by Crippen LogP contribution is 2.12. The Morgan fingerprint density at radius 1 is 1.36 bits per heavy atom. The third-order valence-electron chi connectivity index (χ3n) is 4.45. The fourth-order valence-corrected chi connectivity index (χ4v) is 2.93. The van der Waals surface area contributed by atoms with Crippen LogP contribution in [-0.4, -0.2) is 39.5 Å². The number of hydrogen-bond donors (Lipinski definition) is 2. The molecule has 0 saturated carbocycles. The quantitative estimate of drug-likeness (QED) is 0.538. The molecule has 2 N–H and O–H groups in total.